The molecule has 24 heavy (non-hydrogen) atoms. The minimum absolute atomic E-state index is 0.0131. The normalized spacial score (nSPS) is 17.1. The van der Waals surface area contributed by atoms with Gasteiger partial charge in [-0.3, -0.25) is 4.79 Å². The molecule has 1 aromatic heterocycles. The minimum atomic E-state index is 0.0131. The molecular formula is C19H21BrN2O2. The van der Waals surface area contributed by atoms with Crippen molar-refractivity contribution in [1.29, 1.82) is 0 Å². The second-order valence-electron chi connectivity index (χ2n) is 6.15. The average molecular weight is 389 g/mol. The number of hydrogen-bond acceptors (Lipinski definition) is 3. The molecule has 1 fully saturated rings. The lowest BCUT2D eigenvalue weighted by molar-refractivity contribution is -0.130. The lowest BCUT2D eigenvalue weighted by Gasteiger charge is -2.17. The van der Waals surface area contributed by atoms with Gasteiger partial charge in [0.1, 0.15) is 6.10 Å². The fraction of sp³-hybridized carbons (Fsp3) is 0.368. The molecule has 1 unspecified atom stereocenters. The third kappa shape index (κ3) is 4.35. The predicted octanol–water partition coefficient (Wildman–Crippen LogP) is 3.77. The number of benzene rings is 1. The van der Waals surface area contributed by atoms with Crippen LogP contribution in [-0.4, -0.2) is 35.0 Å². The largest absolute Gasteiger partial charge is 0.472 e. The smallest absolute Gasteiger partial charge is 0.228 e. The molecule has 126 valence electrons. The van der Waals surface area contributed by atoms with E-state index in [1.54, 1.807) is 6.20 Å². The Morgan fingerprint density at radius 2 is 2.25 bits per heavy atom. The minimum Gasteiger partial charge on any atom is -0.472 e. The van der Waals surface area contributed by atoms with Crippen LogP contribution in [0, 0.1) is 6.92 Å². The van der Waals surface area contributed by atoms with Crippen LogP contribution in [-0.2, 0) is 11.2 Å². The number of aromatic nitrogens is 1. The first-order valence-electron chi connectivity index (χ1n) is 8.22. The second-order valence-corrected chi connectivity index (χ2v) is 7.00. The number of halogens is 1. The van der Waals surface area contributed by atoms with E-state index in [4.69, 9.17) is 4.74 Å². The number of amides is 1. The molecule has 1 amide bonds. The van der Waals surface area contributed by atoms with Gasteiger partial charge in [0.15, 0.2) is 0 Å². The summed E-state index contributed by atoms with van der Waals surface area (Å²) in [4.78, 5) is 18.5. The van der Waals surface area contributed by atoms with Gasteiger partial charge < -0.3 is 9.64 Å². The van der Waals surface area contributed by atoms with Crippen molar-refractivity contribution in [3.63, 3.8) is 0 Å². The number of rotatable bonds is 5. The Bertz CT molecular complexity index is 720. The van der Waals surface area contributed by atoms with Gasteiger partial charge in [-0.15, -0.1) is 0 Å². The number of aryl methyl sites for hydroxylation is 2. The maximum atomic E-state index is 12.4. The molecule has 0 bridgehead atoms. The first-order chi connectivity index (χ1) is 11.6. The summed E-state index contributed by atoms with van der Waals surface area (Å²) >= 11 is 3.44. The van der Waals surface area contributed by atoms with Crippen LogP contribution in [0.1, 0.15) is 24.0 Å². The number of likely N-dealkylation sites (tertiary alicyclic amines) is 1. The standard InChI is InChI=1S/C19H21BrN2O2/c1-14-4-2-5-15(12-14)7-8-18(23)22-11-9-16(13-22)24-19-17(20)6-3-10-21-19/h2-6,10,12,16H,7-9,11,13H2,1H3. The number of hydrogen-bond donors (Lipinski definition) is 0. The number of carbonyl (C=O) groups excluding carboxylic acids is 1. The van der Waals surface area contributed by atoms with Crippen LogP contribution >= 0.6 is 15.9 Å². The fourth-order valence-electron chi connectivity index (χ4n) is 2.94. The Kier molecular flexibility index (Phi) is 5.51. The Labute approximate surface area is 151 Å². The molecule has 0 radical (unpaired) electrons. The number of ether oxygens (including phenoxy) is 1. The van der Waals surface area contributed by atoms with E-state index in [1.165, 1.54) is 11.1 Å². The molecule has 1 aliphatic rings. The van der Waals surface area contributed by atoms with Gasteiger partial charge in [-0.1, -0.05) is 29.8 Å². The van der Waals surface area contributed by atoms with Crippen molar-refractivity contribution in [3.8, 4) is 5.88 Å². The zero-order valence-corrected chi connectivity index (χ0v) is 15.3. The lowest BCUT2D eigenvalue weighted by Crippen LogP contribution is -2.31. The molecule has 0 saturated carbocycles. The Morgan fingerprint density at radius 1 is 1.38 bits per heavy atom. The molecular weight excluding hydrogens is 368 g/mol. The van der Waals surface area contributed by atoms with E-state index >= 15 is 0 Å². The van der Waals surface area contributed by atoms with E-state index in [1.807, 2.05) is 23.1 Å². The molecule has 0 spiro atoms. The van der Waals surface area contributed by atoms with Gasteiger partial charge in [-0.2, -0.15) is 0 Å². The van der Waals surface area contributed by atoms with Crippen LogP contribution in [0.15, 0.2) is 47.1 Å². The zero-order valence-electron chi connectivity index (χ0n) is 13.7. The predicted molar refractivity (Wildman–Crippen MR) is 97.1 cm³/mol. The van der Waals surface area contributed by atoms with Crippen molar-refractivity contribution >= 4 is 21.8 Å². The highest BCUT2D eigenvalue weighted by Gasteiger charge is 2.28. The van der Waals surface area contributed by atoms with Crippen LogP contribution < -0.4 is 4.74 Å². The summed E-state index contributed by atoms with van der Waals surface area (Å²) in [5, 5.41) is 0. The second kappa shape index (κ2) is 7.79. The van der Waals surface area contributed by atoms with Gasteiger partial charge in [0.2, 0.25) is 11.8 Å². The highest BCUT2D eigenvalue weighted by molar-refractivity contribution is 9.10. The lowest BCUT2D eigenvalue weighted by atomic mass is 10.1. The van der Waals surface area contributed by atoms with E-state index in [0.717, 1.165) is 23.9 Å². The maximum absolute atomic E-state index is 12.4. The molecule has 3 rings (SSSR count). The molecule has 1 atom stereocenters. The summed E-state index contributed by atoms with van der Waals surface area (Å²) in [6.45, 7) is 3.46. The van der Waals surface area contributed by atoms with Gasteiger partial charge in [-0.05, 0) is 47.0 Å². The highest BCUT2D eigenvalue weighted by Crippen LogP contribution is 2.24. The SMILES string of the molecule is Cc1cccc(CCC(=O)N2CCC(Oc3ncccc3Br)C2)c1. The first-order valence-corrected chi connectivity index (χ1v) is 9.01. The van der Waals surface area contributed by atoms with E-state index in [-0.39, 0.29) is 12.0 Å². The molecule has 4 nitrogen and oxygen atoms in total. The fourth-order valence-corrected chi connectivity index (χ4v) is 3.29. The summed E-state index contributed by atoms with van der Waals surface area (Å²) in [6.07, 6.45) is 3.90. The van der Waals surface area contributed by atoms with Crippen molar-refractivity contribution in [3.05, 3.63) is 58.2 Å². The first kappa shape index (κ1) is 17.0. The van der Waals surface area contributed by atoms with Gasteiger partial charge in [0.05, 0.1) is 11.0 Å². The molecule has 0 N–H and O–H groups in total. The van der Waals surface area contributed by atoms with E-state index in [2.05, 4.69) is 46.0 Å². The van der Waals surface area contributed by atoms with Gasteiger partial charge in [-0.25, -0.2) is 4.98 Å². The third-order valence-corrected chi connectivity index (χ3v) is 4.81. The van der Waals surface area contributed by atoms with Crippen molar-refractivity contribution in [2.75, 3.05) is 13.1 Å². The van der Waals surface area contributed by atoms with E-state index in [9.17, 15) is 4.79 Å². The Morgan fingerprint density at radius 3 is 3.04 bits per heavy atom. The summed E-state index contributed by atoms with van der Waals surface area (Å²) in [5.74, 6) is 0.791. The van der Waals surface area contributed by atoms with Crippen molar-refractivity contribution in [2.24, 2.45) is 0 Å². The van der Waals surface area contributed by atoms with Crippen LogP contribution in [0.25, 0.3) is 0 Å². The highest BCUT2D eigenvalue weighted by atomic mass is 79.9. The summed E-state index contributed by atoms with van der Waals surface area (Å²) < 4.78 is 6.75. The molecule has 2 heterocycles. The van der Waals surface area contributed by atoms with Crippen LogP contribution in [0.2, 0.25) is 0 Å². The van der Waals surface area contributed by atoms with E-state index < -0.39 is 0 Å². The molecule has 1 saturated heterocycles. The topological polar surface area (TPSA) is 42.4 Å². The molecule has 1 aromatic carbocycles. The molecule has 0 aliphatic carbocycles. The van der Waals surface area contributed by atoms with Crippen LogP contribution in [0.3, 0.4) is 0 Å². The van der Waals surface area contributed by atoms with Crippen LogP contribution in [0.5, 0.6) is 5.88 Å². The van der Waals surface area contributed by atoms with Crippen molar-refractivity contribution in [2.45, 2.75) is 32.3 Å². The Hall–Kier alpha value is -1.88. The van der Waals surface area contributed by atoms with Crippen molar-refractivity contribution < 1.29 is 9.53 Å². The monoisotopic (exact) mass is 388 g/mol. The van der Waals surface area contributed by atoms with Gasteiger partial charge >= 0.3 is 0 Å². The molecule has 1 aliphatic heterocycles. The number of pyridine rings is 1. The number of nitrogens with zero attached hydrogens (tertiary/aromatic N) is 2. The third-order valence-electron chi connectivity index (χ3n) is 4.21. The quantitative estimate of drug-likeness (QED) is 0.782. The molecule has 5 heteroatoms. The maximum Gasteiger partial charge on any atom is 0.228 e. The van der Waals surface area contributed by atoms with Gasteiger partial charge in [0.25, 0.3) is 0 Å². The Balaban J connectivity index is 1.50. The molecule has 2 aromatic rings. The zero-order chi connectivity index (χ0) is 16.9. The van der Waals surface area contributed by atoms with Crippen LogP contribution in [0.4, 0.5) is 0 Å². The van der Waals surface area contributed by atoms with Crippen molar-refractivity contribution in [1.82, 2.24) is 9.88 Å². The number of carbonyl (C=O) groups is 1. The summed E-state index contributed by atoms with van der Waals surface area (Å²) in [6, 6.07) is 12.1. The van der Waals surface area contributed by atoms with E-state index in [0.29, 0.717) is 18.8 Å². The van der Waals surface area contributed by atoms with Gasteiger partial charge in [0, 0.05) is 25.6 Å². The summed E-state index contributed by atoms with van der Waals surface area (Å²) in [5.41, 5.74) is 2.45. The average Bonchev–Trinajstić information content (AvgIpc) is 3.04. The summed E-state index contributed by atoms with van der Waals surface area (Å²) in [7, 11) is 0.